The second-order valence-corrected chi connectivity index (χ2v) is 10.5. The van der Waals surface area contributed by atoms with Crippen molar-refractivity contribution in [1.29, 1.82) is 0 Å². The van der Waals surface area contributed by atoms with E-state index < -0.39 is 5.60 Å². The van der Waals surface area contributed by atoms with E-state index >= 15 is 0 Å². The van der Waals surface area contributed by atoms with Gasteiger partial charge in [-0.2, -0.15) is 0 Å². The Balaban J connectivity index is 1.65. The molecule has 0 aromatic carbocycles. The summed E-state index contributed by atoms with van der Waals surface area (Å²) in [4.78, 5) is 0. The lowest BCUT2D eigenvalue weighted by Gasteiger charge is -2.61. The molecule has 4 saturated carbocycles. The van der Waals surface area contributed by atoms with Crippen LogP contribution in [0.1, 0.15) is 91.9 Å². The number of rotatable bonds is 1. The average molecular weight is 319 g/mol. The molecule has 0 radical (unpaired) electrons. The normalized spacial score (nSPS) is 56.1. The summed E-state index contributed by atoms with van der Waals surface area (Å²) < 4.78 is 0. The summed E-state index contributed by atoms with van der Waals surface area (Å²) in [5.41, 5.74) is 0.397. The van der Waals surface area contributed by atoms with Crippen molar-refractivity contribution in [3.63, 3.8) is 0 Å². The van der Waals surface area contributed by atoms with Crippen LogP contribution in [0.5, 0.6) is 0 Å². The number of aliphatic hydroxyl groups is 1. The zero-order valence-electron chi connectivity index (χ0n) is 15.9. The van der Waals surface area contributed by atoms with E-state index in [4.69, 9.17) is 0 Å². The van der Waals surface area contributed by atoms with E-state index in [1.54, 1.807) is 0 Å². The molecule has 0 saturated heterocycles. The molecule has 1 nitrogen and oxygen atoms in total. The molecule has 132 valence electrons. The Morgan fingerprint density at radius 1 is 0.826 bits per heavy atom. The predicted molar refractivity (Wildman–Crippen MR) is 96.1 cm³/mol. The van der Waals surface area contributed by atoms with Gasteiger partial charge in [0.15, 0.2) is 0 Å². The molecule has 23 heavy (non-hydrogen) atoms. The number of hydrogen-bond acceptors (Lipinski definition) is 1. The molecule has 7 atom stereocenters. The summed E-state index contributed by atoms with van der Waals surface area (Å²) in [6.07, 6.45) is 13.9. The molecule has 4 aliphatic carbocycles. The third kappa shape index (κ3) is 2.01. The Kier molecular flexibility index (Phi) is 3.73. The second-order valence-electron chi connectivity index (χ2n) is 10.5. The van der Waals surface area contributed by atoms with Crippen molar-refractivity contribution in [3.05, 3.63) is 0 Å². The summed E-state index contributed by atoms with van der Waals surface area (Å²) in [6.45, 7) is 9.61. The molecular weight excluding hydrogens is 280 g/mol. The van der Waals surface area contributed by atoms with Crippen molar-refractivity contribution >= 4 is 0 Å². The van der Waals surface area contributed by atoms with Crippen LogP contribution >= 0.6 is 0 Å². The van der Waals surface area contributed by atoms with Crippen LogP contribution in [0, 0.1) is 40.4 Å². The van der Waals surface area contributed by atoms with Crippen LogP contribution in [0.15, 0.2) is 0 Å². The van der Waals surface area contributed by atoms with Gasteiger partial charge in [0, 0.05) is 0 Å². The van der Waals surface area contributed by atoms with Crippen molar-refractivity contribution in [1.82, 2.24) is 0 Å². The molecule has 0 aliphatic heterocycles. The first-order valence-electron chi connectivity index (χ1n) is 10.6. The highest BCUT2D eigenvalue weighted by Crippen LogP contribution is 2.69. The van der Waals surface area contributed by atoms with E-state index in [-0.39, 0.29) is 5.41 Å². The third-order valence-corrected chi connectivity index (χ3v) is 9.75. The van der Waals surface area contributed by atoms with Gasteiger partial charge in [0.25, 0.3) is 0 Å². The molecule has 1 N–H and O–H groups in total. The van der Waals surface area contributed by atoms with Crippen LogP contribution in [-0.4, -0.2) is 10.7 Å². The van der Waals surface area contributed by atoms with E-state index in [1.807, 2.05) is 0 Å². The minimum absolute atomic E-state index is 0.181. The fourth-order valence-corrected chi connectivity index (χ4v) is 8.29. The van der Waals surface area contributed by atoms with Gasteiger partial charge in [0.2, 0.25) is 0 Å². The molecule has 0 aromatic heterocycles. The second kappa shape index (κ2) is 5.23. The first-order valence-corrected chi connectivity index (χ1v) is 10.6. The fraction of sp³-hybridized carbons (Fsp3) is 1.00. The lowest BCUT2D eigenvalue weighted by Crippen LogP contribution is -2.57. The van der Waals surface area contributed by atoms with Crippen LogP contribution in [0.2, 0.25) is 0 Å². The van der Waals surface area contributed by atoms with E-state index in [1.165, 1.54) is 57.8 Å². The number of hydrogen-bond donors (Lipinski definition) is 1. The van der Waals surface area contributed by atoms with Gasteiger partial charge in [-0.3, -0.25) is 0 Å². The molecule has 0 bridgehead atoms. The minimum atomic E-state index is -0.410. The average Bonchev–Trinajstić information content (AvgIpc) is 2.80. The molecular formula is C22H38O. The maximum absolute atomic E-state index is 11.5. The molecule has 0 aromatic rings. The summed E-state index contributed by atoms with van der Waals surface area (Å²) >= 11 is 0. The van der Waals surface area contributed by atoms with Crippen LogP contribution in [0.3, 0.4) is 0 Å². The van der Waals surface area contributed by atoms with Crippen LogP contribution < -0.4 is 0 Å². The van der Waals surface area contributed by atoms with Gasteiger partial charge in [0.05, 0.1) is 5.60 Å². The van der Waals surface area contributed by atoms with Crippen molar-refractivity contribution in [2.45, 2.75) is 97.5 Å². The van der Waals surface area contributed by atoms with Crippen LogP contribution in [0.25, 0.3) is 0 Å². The monoisotopic (exact) mass is 318 g/mol. The lowest BCUT2D eigenvalue weighted by atomic mass is 9.44. The minimum Gasteiger partial charge on any atom is -0.389 e. The maximum Gasteiger partial charge on any atom is 0.0726 e. The van der Waals surface area contributed by atoms with Crippen molar-refractivity contribution in [2.24, 2.45) is 40.4 Å². The highest BCUT2D eigenvalue weighted by atomic mass is 16.3. The van der Waals surface area contributed by atoms with Crippen LogP contribution in [0.4, 0.5) is 0 Å². The molecule has 0 spiro atoms. The topological polar surface area (TPSA) is 20.2 Å². The van der Waals surface area contributed by atoms with Crippen LogP contribution in [-0.2, 0) is 0 Å². The quantitative estimate of drug-likeness (QED) is 0.647. The summed E-state index contributed by atoms with van der Waals surface area (Å²) in [7, 11) is 0. The first kappa shape index (κ1) is 16.4. The molecule has 1 heteroatoms. The Bertz CT molecular complexity index is 471. The molecule has 0 amide bonds. The third-order valence-electron chi connectivity index (χ3n) is 9.75. The SMILES string of the molecule is CC(C)[C@]1(O)CCC2[C@@H]3CCC4CCCC[C@]4(C)C3CC[C@@]21C. The standard InChI is InChI=1S/C22H38O/c1-15(2)22(23)14-11-19-17-9-8-16-7-5-6-12-20(16,3)18(17)10-13-21(19,22)4/h15-19,23H,5-14H2,1-4H3/t16?,17-,18?,19?,20+,21+,22-/m1/s1. The van der Waals surface area contributed by atoms with Gasteiger partial charge in [-0.25, -0.2) is 0 Å². The molecule has 3 unspecified atom stereocenters. The molecule has 0 heterocycles. The van der Waals surface area contributed by atoms with Crippen molar-refractivity contribution < 1.29 is 5.11 Å². The molecule has 4 aliphatic rings. The highest BCUT2D eigenvalue weighted by molar-refractivity contribution is 5.14. The first-order chi connectivity index (χ1) is 10.8. The maximum atomic E-state index is 11.5. The summed E-state index contributed by atoms with van der Waals surface area (Å²) in [5.74, 6) is 4.05. The smallest absolute Gasteiger partial charge is 0.0726 e. The van der Waals surface area contributed by atoms with Gasteiger partial charge in [-0.05, 0) is 91.8 Å². The lowest BCUT2D eigenvalue weighted by molar-refractivity contribution is -0.165. The molecule has 4 rings (SSSR count). The van der Waals surface area contributed by atoms with Gasteiger partial charge in [0.1, 0.15) is 0 Å². The van der Waals surface area contributed by atoms with Gasteiger partial charge >= 0.3 is 0 Å². The Morgan fingerprint density at radius 2 is 1.57 bits per heavy atom. The molecule has 4 fully saturated rings. The van der Waals surface area contributed by atoms with E-state index in [0.717, 1.165) is 30.1 Å². The summed E-state index contributed by atoms with van der Waals surface area (Å²) in [6, 6.07) is 0. The van der Waals surface area contributed by atoms with Crippen molar-refractivity contribution in [3.8, 4) is 0 Å². The largest absolute Gasteiger partial charge is 0.389 e. The zero-order chi connectivity index (χ0) is 16.5. The zero-order valence-corrected chi connectivity index (χ0v) is 15.9. The predicted octanol–water partition coefficient (Wildman–Crippen LogP) is 5.81. The highest BCUT2D eigenvalue weighted by Gasteiger charge is 2.64. The Labute approximate surface area is 143 Å². The Hall–Kier alpha value is -0.0400. The summed E-state index contributed by atoms with van der Waals surface area (Å²) in [5, 5.41) is 11.5. The van der Waals surface area contributed by atoms with Gasteiger partial charge in [-0.15, -0.1) is 0 Å². The fourth-order valence-electron chi connectivity index (χ4n) is 8.29. The van der Waals surface area contributed by atoms with E-state index in [9.17, 15) is 5.11 Å². The van der Waals surface area contributed by atoms with E-state index in [0.29, 0.717) is 11.3 Å². The van der Waals surface area contributed by atoms with Crippen molar-refractivity contribution in [2.75, 3.05) is 0 Å². The van der Waals surface area contributed by atoms with E-state index in [2.05, 4.69) is 27.7 Å². The number of fused-ring (bicyclic) bond motifs is 5. The Morgan fingerprint density at radius 3 is 2.30 bits per heavy atom. The van der Waals surface area contributed by atoms with Gasteiger partial charge < -0.3 is 5.11 Å². The van der Waals surface area contributed by atoms with Gasteiger partial charge in [-0.1, -0.05) is 40.5 Å².